The van der Waals surface area contributed by atoms with Gasteiger partial charge in [0.15, 0.2) is 5.65 Å². The van der Waals surface area contributed by atoms with Crippen molar-refractivity contribution in [2.24, 2.45) is 0 Å². The third-order valence-corrected chi connectivity index (χ3v) is 5.46. The second-order valence-electron chi connectivity index (χ2n) is 7.92. The lowest BCUT2D eigenvalue weighted by molar-refractivity contribution is 0.631. The van der Waals surface area contributed by atoms with Gasteiger partial charge >= 0.3 is 0 Å². The smallest absolute Gasteiger partial charge is 0.181 e. The molecule has 33 heavy (non-hydrogen) atoms. The molecule has 0 atom stereocenters. The van der Waals surface area contributed by atoms with Gasteiger partial charge in [-0.1, -0.05) is 48.6 Å². The van der Waals surface area contributed by atoms with E-state index in [0.29, 0.717) is 16.9 Å². The zero-order valence-electron chi connectivity index (χ0n) is 18.4. The minimum atomic E-state index is -0.269. The second kappa shape index (κ2) is 8.31. The van der Waals surface area contributed by atoms with Crippen molar-refractivity contribution in [2.45, 2.75) is 13.8 Å². The van der Waals surface area contributed by atoms with Crippen LogP contribution in [0, 0.1) is 5.82 Å². The predicted octanol–water partition coefficient (Wildman–Crippen LogP) is 6.84. The molecule has 0 radical (unpaired) electrons. The number of aromatic amines is 2. The van der Waals surface area contributed by atoms with E-state index in [1.165, 1.54) is 6.07 Å². The van der Waals surface area contributed by atoms with Crippen LogP contribution >= 0.6 is 0 Å². The highest BCUT2D eigenvalue weighted by Gasteiger charge is 2.16. The summed E-state index contributed by atoms with van der Waals surface area (Å²) in [5, 5.41) is 9.19. The molecule has 0 aliphatic heterocycles. The Morgan fingerprint density at radius 2 is 1.91 bits per heavy atom. The minimum absolute atomic E-state index is 0.269. The van der Waals surface area contributed by atoms with E-state index in [4.69, 9.17) is 0 Å². The van der Waals surface area contributed by atoms with Crippen LogP contribution in [0.3, 0.4) is 0 Å². The SMILES string of the molecule is C=C(C)/C=C(\C=C/C)c1cnc2n[nH]c(-c3cc4c(-c5ccccc5F)ccnc4[nH]3)c2c1. The molecule has 0 aliphatic rings. The molecule has 0 saturated heterocycles. The van der Waals surface area contributed by atoms with E-state index in [1.807, 2.05) is 56.5 Å². The Hall–Kier alpha value is -4.32. The van der Waals surface area contributed by atoms with E-state index in [0.717, 1.165) is 44.4 Å². The van der Waals surface area contributed by atoms with Crippen LogP contribution in [0.5, 0.6) is 0 Å². The zero-order chi connectivity index (χ0) is 22.9. The molecule has 0 bridgehead atoms. The summed E-state index contributed by atoms with van der Waals surface area (Å²) < 4.78 is 14.5. The molecule has 4 aromatic heterocycles. The number of benzene rings is 1. The number of nitrogens with zero attached hydrogens (tertiary/aromatic N) is 3. The molecular weight excluding hydrogens is 413 g/mol. The number of allylic oxidation sites excluding steroid dienone is 5. The summed E-state index contributed by atoms with van der Waals surface area (Å²) in [5.41, 5.74) is 7.15. The lowest BCUT2D eigenvalue weighted by Gasteiger charge is -2.04. The normalized spacial score (nSPS) is 12.3. The average Bonchev–Trinajstić information content (AvgIpc) is 3.42. The van der Waals surface area contributed by atoms with E-state index in [2.05, 4.69) is 37.8 Å². The number of halogens is 1. The van der Waals surface area contributed by atoms with Crippen molar-refractivity contribution in [1.29, 1.82) is 0 Å². The highest BCUT2D eigenvalue weighted by molar-refractivity contribution is 5.99. The highest BCUT2D eigenvalue weighted by Crippen LogP contribution is 2.34. The van der Waals surface area contributed by atoms with Crippen molar-refractivity contribution in [3.05, 3.63) is 96.6 Å². The number of fused-ring (bicyclic) bond motifs is 2. The summed E-state index contributed by atoms with van der Waals surface area (Å²) in [5.74, 6) is -0.269. The topological polar surface area (TPSA) is 70.2 Å². The van der Waals surface area contributed by atoms with Crippen molar-refractivity contribution < 1.29 is 4.39 Å². The molecule has 2 N–H and O–H groups in total. The maximum absolute atomic E-state index is 14.5. The fourth-order valence-electron chi connectivity index (χ4n) is 4.01. The molecule has 0 spiro atoms. The van der Waals surface area contributed by atoms with Gasteiger partial charge < -0.3 is 4.98 Å². The monoisotopic (exact) mass is 435 g/mol. The Labute approximate surface area is 190 Å². The molecule has 0 fully saturated rings. The van der Waals surface area contributed by atoms with Crippen LogP contribution in [0.25, 0.3) is 50.2 Å². The van der Waals surface area contributed by atoms with E-state index >= 15 is 0 Å². The predicted molar refractivity (Wildman–Crippen MR) is 132 cm³/mol. The number of H-pyrrole nitrogens is 2. The van der Waals surface area contributed by atoms with Crippen LogP contribution in [0.15, 0.2) is 85.2 Å². The van der Waals surface area contributed by atoms with Crippen molar-refractivity contribution in [3.8, 4) is 22.5 Å². The van der Waals surface area contributed by atoms with Crippen LogP contribution in [0.2, 0.25) is 0 Å². The van der Waals surface area contributed by atoms with Gasteiger partial charge in [0.1, 0.15) is 11.5 Å². The first kappa shape index (κ1) is 20.6. The average molecular weight is 436 g/mol. The van der Waals surface area contributed by atoms with Gasteiger partial charge in [-0.2, -0.15) is 5.10 Å². The Bertz CT molecular complexity index is 1570. The first-order valence-electron chi connectivity index (χ1n) is 10.6. The molecule has 1 aromatic carbocycles. The molecule has 5 rings (SSSR count). The van der Waals surface area contributed by atoms with Crippen molar-refractivity contribution in [1.82, 2.24) is 25.1 Å². The fourth-order valence-corrected chi connectivity index (χ4v) is 4.01. The lowest BCUT2D eigenvalue weighted by atomic mass is 10.0. The van der Waals surface area contributed by atoms with Gasteiger partial charge in [-0.3, -0.25) is 5.10 Å². The summed E-state index contributed by atoms with van der Waals surface area (Å²) in [7, 11) is 0. The Morgan fingerprint density at radius 1 is 1.06 bits per heavy atom. The van der Waals surface area contributed by atoms with Crippen LogP contribution in [0.1, 0.15) is 19.4 Å². The number of nitrogens with one attached hydrogen (secondary N) is 2. The highest BCUT2D eigenvalue weighted by atomic mass is 19.1. The maximum atomic E-state index is 14.5. The summed E-state index contributed by atoms with van der Waals surface area (Å²) in [4.78, 5) is 12.3. The van der Waals surface area contributed by atoms with Gasteiger partial charge in [-0.25, -0.2) is 14.4 Å². The summed E-state index contributed by atoms with van der Waals surface area (Å²) in [6.45, 7) is 7.94. The molecule has 0 amide bonds. The van der Waals surface area contributed by atoms with Crippen LogP contribution in [0.4, 0.5) is 4.39 Å². The Balaban J connectivity index is 1.67. The molecule has 6 heteroatoms. The summed E-state index contributed by atoms with van der Waals surface area (Å²) in [6, 6.07) is 12.6. The minimum Gasteiger partial charge on any atom is -0.338 e. The number of aromatic nitrogens is 5. The summed E-state index contributed by atoms with van der Waals surface area (Å²) >= 11 is 0. The maximum Gasteiger partial charge on any atom is 0.181 e. The molecule has 0 unspecified atom stereocenters. The number of rotatable bonds is 5. The molecule has 5 aromatic rings. The van der Waals surface area contributed by atoms with E-state index in [-0.39, 0.29) is 5.82 Å². The molecule has 0 saturated carbocycles. The van der Waals surface area contributed by atoms with Crippen molar-refractivity contribution in [2.75, 3.05) is 0 Å². The third kappa shape index (κ3) is 3.76. The quantitative estimate of drug-likeness (QED) is 0.297. The first-order valence-corrected chi connectivity index (χ1v) is 10.6. The fraction of sp³-hybridized carbons (Fsp3) is 0.0741. The molecular formula is C27H22FN5. The molecule has 5 nitrogen and oxygen atoms in total. The Kier molecular flexibility index (Phi) is 5.18. The first-order chi connectivity index (χ1) is 16.0. The van der Waals surface area contributed by atoms with Crippen molar-refractivity contribution >= 4 is 27.6 Å². The summed E-state index contributed by atoms with van der Waals surface area (Å²) in [6.07, 6.45) is 9.54. The van der Waals surface area contributed by atoms with E-state index in [1.54, 1.807) is 18.3 Å². The lowest BCUT2D eigenvalue weighted by Crippen LogP contribution is -1.86. The zero-order valence-corrected chi connectivity index (χ0v) is 18.4. The van der Waals surface area contributed by atoms with Crippen molar-refractivity contribution in [3.63, 3.8) is 0 Å². The van der Waals surface area contributed by atoms with E-state index in [9.17, 15) is 4.39 Å². The van der Waals surface area contributed by atoms with Gasteiger partial charge in [-0.15, -0.1) is 0 Å². The number of hydrogen-bond acceptors (Lipinski definition) is 3. The van der Waals surface area contributed by atoms with Gasteiger partial charge in [0, 0.05) is 34.3 Å². The van der Waals surface area contributed by atoms with E-state index < -0.39 is 0 Å². The molecule has 162 valence electrons. The van der Waals surface area contributed by atoms with Gasteiger partial charge in [0.25, 0.3) is 0 Å². The number of pyridine rings is 2. The second-order valence-corrected chi connectivity index (χ2v) is 7.92. The van der Waals surface area contributed by atoms with Gasteiger partial charge in [0.05, 0.1) is 11.4 Å². The van der Waals surface area contributed by atoms with Gasteiger partial charge in [0.2, 0.25) is 0 Å². The third-order valence-electron chi connectivity index (χ3n) is 5.46. The largest absolute Gasteiger partial charge is 0.338 e. The number of hydrogen-bond donors (Lipinski definition) is 2. The van der Waals surface area contributed by atoms with Crippen LogP contribution < -0.4 is 0 Å². The van der Waals surface area contributed by atoms with Crippen LogP contribution in [-0.4, -0.2) is 25.1 Å². The Morgan fingerprint density at radius 3 is 2.70 bits per heavy atom. The van der Waals surface area contributed by atoms with Gasteiger partial charge in [-0.05, 0) is 49.2 Å². The molecule has 0 aliphatic carbocycles. The van der Waals surface area contributed by atoms with Crippen LogP contribution in [-0.2, 0) is 0 Å². The molecule has 4 heterocycles. The standard InChI is InChI=1S/C27H22FN5/c1-4-7-17(12-16(2)3)18-13-22-25(32-33-27(22)30-15-18)24-14-21-19(10-11-29-26(21)31-24)20-8-5-6-9-23(20)28/h4-15H,2H2,1,3H3,(H,29,31)(H,30,32,33)/b7-4-,17-12+.